The number of unbranched alkanes of at least 4 members (excludes halogenated alkanes) is 12. The molecule has 0 bridgehead atoms. The van der Waals surface area contributed by atoms with Gasteiger partial charge in [0.15, 0.2) is 22.9 Å². The van der Waals surface area contributed by atoms with Crippen molar-refractivity contribution in [3.05, 3.63) is 60.7 Å². The van der Waals surface area contributed by atoms with Crippen molar-refractivity contribution in [3.8, 4) is 45.8 Å². The summed E-state index contributed by atoms with van der Waals surface area (Å²) >= 11 is 0. The van der Waals surface area contributed by atoms with E-state index in [2.05, 4.69) is 39.8 Å². The third kappa shape index (κ3) is 10.5. The minimum atomic E-state index is 0.639. The Morgan fingerprint density at radius 2 is 0.714 bits per heavy atom. The maximum Gasteiger partial charge on any atom is 0.184 e. The van der Waals surface area contributed by atoms with Crippen LogP contribution in [-0.4, -0.2) is 55.9 Å². The van der Waals surface area contributed by atoms with Crippen LogP contribution < -0.4 is 18.9 Å². The van der Waals surface area contributed by atoms with Gasteiger partial charge in [-0.3, -0.25) is 0 Å². The molecule has 0 unspecified atom stereocenters. The summed E-state index contributed by atoms with van der Waals surface area (Å²) < 4.78 is 29.5. The van der Waals surface area contributed by atoms with E-state index in [-0.39, 0.29) is 0 Å². The maximum absolute atomic E-state index is 6.36. The molecule has 0 amide bonds. The first kappa shape index (κ1) is 40.8. The third-order valence-electron chi connectivity index (χ3n) is 10.2. The fourth-order valence-corrected chi connectivity index (χ4v) is 7.12. The minimum Gasteiger partial charge on any atom is -0.493 e. The molecular formula is C46H62N6O4. The molecule has 56 heavy (non-hydrogen) atoms. The van der Waals surface area contributed by atoms with Gasteiger partial charge in [-0.05, 0) is 49.9 Å². The van der Waals surface area contributed by atoms with Crippen LogP contribution in [0.4, 0.5) is 0 Å². The van der Waals surface area contributed by atoms with Crippen molar-refractivity contribution >= 4 is 22.1 Å². The van der Waals surface area contributed by atoms with Gasteiger partial charge in [-0.25, -0.2) is 9.03 Å². The van der Waals surface area contributed by atoms with E-state index < -0.39 is 0 Å². The lowest BCUT2D eigenvalue weighted by Crippen LogP contribution is -2.07. The van der Waals surface area contributed by atoms with Gasteiger partial charge in [0.25, 0.3) is 0 Å². The second-order valence-electron chi connectivity index (χ2n) is 14.9. The molecule has 0 radical (unpaired) electrons. The predicted octanol–water partition coefficient (Wildman–Crippen LogP) is 12.1. The highest BCUT2D eigenvalue weighted by Crippen LogP contribution is 2.35. The summed E-state index contributed by atoms with van der Waals surface area (Å²) in [5.74, 6) is 4.30. The molecule has 6 rings (SSSR count). The van der Waals surface area contributed by atoms with Gasteiger partial charge < -0.3 is 18.9 Å². The molecule has 3 aromatic carbocycles. The molecular weight excluding hydrogens is 701 g/mol. The highest BCUT2D eigenvalue weighted by atomic mass is 16.5. The summed E-state index contributed by atoms with van der Waals surface area (Å²) in [5, 5.41) is 21.2. The standard InChI is InChI=1S/C46H62N6O4/c1-5-9-13-19-25-53-37-29-35(30-38(33-37)54-26-20-14-10-6-2)43-47-49-45-41-23-17-18-24-42(41)46-50-48-44(52(46)51(43)45)36-31-39(55-27-21-15-11-7-3)34-40(32-36)56-28-22-16-12-8-4/h17-18,23-24,29-34H,5-16,19-22,25-28H2,1-4H3. The van der Waals surface area contributed by atoms with Crippen molar-refractivity contribution in [1.82, 2.24) is 29.4 Å². The second kappa shape index (κ2) is 21.4. The molecule has 0 aliphatic carbocycles. The molecule has 3 heterocycles. The molecule has 0 spiro atoms. The number of nitrogens with zero attached hydrogens (tertiary/aromatic N) is 6. The smallest absolute Gasteiger partial charge is 0.184 e. The van der Waals surface area contributed by atoms with E-state index in [4.69, 9.17) is 39.3 Å². The zero-order valence-corrected chi connectivity index (χ0v) is 34.2. The quantitative estimate of drug-likeness (QED) is 0.0504. The lowest BCUT2D eigenvalue weighted by atomic mass is 10.1. The molecule has 3 aromatic heterocycles. The third-order valence-corrected chi connectivity index (χ3v) is 10.2. The zero-order chi connectivity index (χ0) is 39.0. The molecule has 0 N–H and O–H groups in total. The van der Waals surface area contributed by atoms with Gasteiger partial charge in [0.2, 0.25) is 0 Å². The Kier molecular flexibility index (Phi) is 15.6. The summed E-state index contributed by atoms with van der Waals surface area (Å²) in [7, 11) is 0. The first-order valence-corrected chi connectivity index (χ1v) is 21.5. The molecule has 10 heteroatoms. The number of aromatic nitrogens is 6. The molecule has 0 atom stereocenters. The van der Waals surface area contributed by atoms with E-state index >= 15 is 0 Å². The fraction of sp³-hybridized carbons (Fsp3) is 0.522. The number of benzene rings is 3. The number of rotatable bonds is 26. The molecule has 0 aliphatic heterocycles. The number of fused-ring (bicyclic) bond motifs is 6. The molecule has 6 aromatic rings. The van der Waals surface area contributed by atoms with Crippen LogP contribution in [0.1, 0.15) is 130 Å². The largest absolute Gasteiger partial charge is 0.493 e. The van der Waals surface area contributed by atoms with Crippen LogP contribution in [0, 0.1) is 0 Å². The number of ether oxygens (including phenoxy) is 4. The van der Waals surface area contributed by atoms with Gasteiger partial charge >= 0.3 is 0 Å². The van der Waals surface area contributed by atoms with Gasteiger partial charge in [-0.2, -0.15) is 0 Å². The van der Waals surface area contributed by atoms with Crippen LogP contribution in [0.3, 0.4) is 0 Å². The van der Waals surface area contributed by atoms with Crippen LogP contribution in [0.25, 0.3) is 44.8 Å². The Labute approximate surface area is 332 Å². The van der Waals surface area contributed by atoms with E-state index in [1.807, 2.05) is 57.6 Å². The van der Waals surface area contributed by atoms with Crippen molar-refractivity contribution in [1.29, 1.82) is 0 Å². The van der Waals surface area contributed by atoms with Gasteiger partial charge in [0.05, 0.1) is 26.4 Å². The average Bonchev–Trinajstić information content (AvgIpc) is 3.87. The number of hydrogen-bond donors (Lipinski definition) is 0. The Hall–Kier alpha value is -4.86. The maximum atomic E-state index is 6.36. The Morgan fingerprint density at radius 1 is 0.393 bits per heavy atom. The lowest BCUT2D eigenvalue weighted by molar-refractivity contribution is 0.290. The molecule has 0 saturated carbocycles. The topological polar surface area (TPSA) is 97.3 Å². The Bertz CT molecular complexity index is 1890. The predicted molar refractivity (Wildman–Crippen MR) is 226 cm³/mol. The van der Waals surface area contributed by atoms with Crippen LogP contribution in [0.2, 0.25) is 0 Å². The SMILES string of the molecule is CCCCCCOc1cc(OCCCCCC)cc(-c2nnc3c4ccccc4c4nnc(-c5cc(OCCCCCC)cc(OCCCCCC)c5)n4n23)c1. The normalized spacial score (nSPS) is 11.6. The van der Waals surface area contributed by atoms with Gasteiger partial charge in [-0.1, -0.05) is 129 Å². The highest BCUT2D eigenvalue weighted by Gasteiger charge is 2.22. The van der Waals surface area contributed by atoms with Crippen molar-refractivity contribution in [2.45, 2.75) is 130 Å². The van der Waals surface area contributed by atoms with Crippen molar-refractivity contribution in [2.75, 3.05) is 26.4 Å². The van der Waals surface area contributed by atoms with Crippen molar-refractivity contribution in [3.63, 3.8) is 0 Å². The van der Waals surface area contributed by atoms with Gasteiger partial charge in [-0.15, -0.1) is 20.4 Å². The second-order valence-corrected chi connectivity index (χ2v) is 14.9. The molecule has 300 valence electrons. The van der Waals surface area contributed by atoms with Crippen LogP contribution in [-0.2, 0) is 0 Å². The van der Waals surface area contributed by atoms with E-state index in [9.17, 15) is 0 Å². The highest BCUT2D eigenvalue weighted by molar-refractivity contribution is 6.02. The van der Waals surface area contributed by atoms with E-state index in [1.165, 1.54) is 51.4 Å². The van der Waals surface area contributed by atoms with Crippen LogP contribution in [0.5, 0.6) is 23.0 Å². The summed E-state index contributed by atoms with van der Waals surface area (Å²) in [4.78, 5) is 0. The van der Waals surface area contributed by atoms with E-state index in [1.54, 1.807) is 0 Å². The van der Waals surface area contributed by atoms with E-state index in [0.29, 0.717) is 49.4 Å². The molecule has 0 aliphatic rings. The Morgan fingerprint density at radius 3 is 1.02 bits per heavy atom. The molecule has 10 nitrogen and oxygen atoms in total. The first-order valence-electron chi connectivity index (χ1n) is 21.5. The summed E-state index contributed by atoms with van der Waals surface area (Å²) in [6, 6.07) is 20.3. The summed E-state index contributed by atoms with van der Waals surface area (Å²) in [6.45, 7) is 11.5. The Balaban J connectivity index is 1.45. The van der Waals surface area contributed by atoms with Gasteiger partial charge in [0.1, 0.15) is 23.0 Å². The first-order chi connectivity index (χ1) is 27.6. The number of hydrogen-bond acceptors (Lipinski definition) is 8. The van der Waals surface area contributed by atoms with Crippen molar-refractivity contribution < 1.29 is 18.9 Å². The molecule has 0 fully saturated rings. The van der Waals surface area contributed by atoms with Crippen LogP contribution in [0.15, 0.2) is 60.7 Å². The van der Waals surface area contributed by atoms with Crippen molar-refractivity contribution in [2.24, 2.45) is 0 Å². The zero-order valence-electron chi connectivity index (χ0n) is 34.2. The minimum absolute atomic E-state index is 0.639. The monoisotopic (exact) mass is 762 g/mol. The average molecular weight is 763 g/mol. The molecule has 0 saturated heterocycles. The van der Waals surface area contributed by atoms with Gasteiger partial charge in [0, 0.05) is 34.0 Å². The van der Waals surface area contributed by atoms with Crippen LogP contribution >= 0.6 is 0 Å². The van der Waals surface area contributed by atoms with E-state index in [0.717, 1.165) is 96.3 Å². The summed E-state index contributed by atoms with van der Waals surface area (Å²) in [6.07, 6.45) is 18.1. The fourth-order valence-electron chi connectivity index (χ4n) is 7.12. The lowest BCUT2D eigenvalue weighted by Gasteiger charge is -2.14. The summed E-state index contributed by atoms with van der Waals surface area (Å²) in [5.41, 5.74) is 3.08.